The zero-order valence-electron chi connectivity index (χ0n) is 9.46. The number of carbonyl (C=O) groups excluding carboxylic acids is 1. The Morgan fingerprint density at radius 3 is 2.94 bits per heavy atom. The molecule has 0 aliphatic carbocycles. The summed E-state index contributed by atoms with van der Waals surface area (Å²) in [5, 5.41) is 10.9. The molecular weight excluding hydrogens is 238 g/mol. The van der Waals surface area contributed by atoms with Gasteiger partial charge in [0.25, 0.3) is 0 Å². The maximum Gasteiger partial charge on any atom is 0.308 e. The van der Waals surface area contributed by atoms with E-state index in [4.69, 9.17) is 5.11 Å². The van der Waals surface area contributed by atoms with Crippen molar-refractivity contribution in [2.45, 2.75) is 19.3 Å². The van der Waals surface area contributed by atoms with E-state index in [1.807, 2.05) is 17.5 Å². The van der Waals surface area contributed by atoms with Gasteiger partial charge in [-0.1, -0.05) is 6.07 Å². The minimum absolute atomic E-state index is 0.0714. The van der Waals surface area contributed by atoms with E-state index < -0.39 is 5.97 Å². The average molecular weight is 253 g/mol. The van der Waals surface area contributed by atoms with E-state index in [9.17, 15) is 9.59 Å². The topological polar surface area (TPSA) is 57.6 Å². The van der Waals surface area contributed by atoms with Gasteiger partial charge in [-0.2, -0.15) is 0 Å². The van der Waals surface area contributed by atoms with E-state index in [-0.39, 0.29) is 11.8 Å². The molecule has 1 aromatic heterocycles. The quantitative estimate of drug-likeness (QED) is 0.887. The Kier molecular flexibility index (Phi) is 3.78. The number of aryl methyl sites for hydroxylation is 1. The largest absolute Gasteiger partial charge is 0.481 e. The molecule has 4 nitrogen and oxygen atoms in total. The monoisotopic (exact) mass is 253 g/mol. The Morgan fingerprint density at radius 1 is 1.53 bits per heavy atom. The molecule has 92 valence electrons. The number of carbonyl (C=O) groups is 2. The summed E-state index contributed by atoms with van der Waals surface area (Å²) in [4.78, 5) is 25.5. The van der Waals surface area contributed by atoms with E-state index in [2.05, 4.69) is 0 Å². The van der Waals surface area contributed by atoms with Crippen molar-refractivity contribution >= 4 is 23.2 Å². The van der Waals surface area contributed by atoms with Crippen LogP contribution in [0.25, 0.3) is 0 Å². The number of hydrogen-bond donors (Lipinski definition) is 1. The molecule has 0 unspecified atom stereocenters. The summed E-state index contributed by atoms with van der Waals surface area (Å²) in [7, 11) is 0. The fraction of sp³-hybridized carbons (Fsp3) is 0.500. The van der Waals surface area contributed by atoms with Gasteiger partial charge in [-0.25, -0.2) is 0 Å². The number of carboxylic acids is 1. The van der Waals surface area contributed by atoms with Gasteiger partial charge in [0.05, 0.1) is 5.92 Å². The van der Waals surface area contributed by atoms with Crippen LogP contribution in [0.4, 0.5) is 0 Å². The Hall–Kier alpha value is -1.36. The Labute approximate surface area is 104 Å². The van der Waals surface area contributed by atoms with Crippen molar-refractivity contribution in [3.8, 4) is 0 Å². The first kappa shape index (κ1) is 12.1. The molecule has 2 rings (SSSR count). The SMILES string of the molecule is O=C(O)[C@H]1CCN(C(=O)CCc2cccs2)C1. The Bertz CT molecular complexity index is 402. The maximum absolute atomic E-state index is 11.8. The summed E-state index contributed by atoms with van der Waals surface area (Å²) >= 11 is 1.65. The molecule has 0 aromatic carbocycles. The number of carboxylic acid groups (broad SMARTS) is 1. The molecule has 0 radical (unpaired) electrons. The number of aliphatic carboxylic acids is 1. The molecule has 2 heterocycles. The van der Waals surface area contributed by atoms with Gasteiger partial charge in [-0.15, -0.1) is 11.3 Å². The van der Waals surface area contributed by atoms with Crippen LogP contribution in [0.5, 0.6) is 0 Å². The molecule has 1 aliphatic rings. The molecule has 1 aromatic rings. The predicted octanol–water partition coefficient (Wildman–Crippen LogP) is 1.61. The van der Waals surface area contributed by atoms with Gasteiger partial charge < -0.3 is 10.0 Å². The van der Waals surface area contributed by atoms with Gasteiger partial charge in [0.15, 0.2) is 0 Å². The molecule has 1 amide bonds. The zero-order valence-corrected chi connectivity index (χ0v) is 10.3. The fourth-order valence-electron chi connectivity index (χ4n) is 2.03. The molecule has 0 spiro atoms. The second kappa shape index (κ2) is 5.31. The van der Waals surface area contributed by atoms with E-state index in [1.54, 1.807) is 16.2 Å². The van der Waals surface area contributed by atoms with Crippen molar-refractivity contribution in [1.29, 1.82) is 0 Å². The number of thiophene rings is 1. The summed E-state index contributed by atoms with van der Waals surface area (Å²) in [5.41, 5.74) is 0. The molecule has 17 heavy (non-hydrogen) atoms. The van der Waals surface area contributed by atoms with Gasteiger partial charge in [0, 0.05) is 24.4 Å². The average Bonchev–Trinajstić information content (AvgIpc) is 2.96. The van der Waals surface area contributed by atoms with Crippen LogP contribution in [0.2, 0.25) is 0 Å². The molecule has 1 saturated heterocycles. The van der Waals surface area contributed by atoms with Gasteiger partial charge >= 0.3 is 5.97 Å². The van der Waals surface area contributed by atoms with Crippen LogP contribution >= 0.6 is 11.3 Å². The standard InChI is InChI=1S/C12H15NO3S/c14-11(4-3-10-2-1-7-17-10)13-6-5-9(8-13)12(15)16/h1-2,7,9H,3-6,8H2,(H,15,16)/t9-/m0/s1. The van der Waals surface area contributed by atoms with Crippen molar-refractivity contribution < 1.29 is 14.7 Å². The third kappa shape index (κ3) is 3.06. The molecule has 1 N–H and O–H groups in total. The van der Waals surface area contributed by atoms with Crippen molar-refractivity contribution in [3.63, 3.8) is 0 Å². The molecular formula is C12H15NO3S. The third-order valence-electron chi connectivity index (χ3n) is 3.06. The lowest BCUT2D eigenvalue weighted by molar-refractivity contribution is -0.141. The van der Waals surface area contributed by atoms with E-state index in [0.717, 1.165) is 6.42 Å². The highest BCUT2D eigenvalue weighted by molar-refractivity contribution is 7.09. The highest BCUT2D eigenvalue weighted by Gasteiger charge is 2.30. The zero-order chi connectivity index (χ0) is 12.3. The maximum atomic E-state index is 11.8. The second-order valence-corrected chi connectivity index (χ2v) is 5.28. The van der Waals surface area contributed by atoms with Crippen LogP contribution in [0.1, 0.15) is 17.7 Å². The van der Waals surface area contributed by atoms with Crippen LogP contribution in [0, 0.1) is 5.92 Å². The summed E-state index contributed by atoms with van der Waals surface area (Å²) in [6.07, 6.45) is 1.82. The first-order valence-electron chi connectivity index (χ1n) is 5.70. The lowest BCUT2D eigenvalue weighted by Gasteiger charge is -2.15. The fourth-order valence-corrected chi connectivity index (χ4v) is 2.74. The normalized spacial score (nSPS) is 19.5. The first-order chi connectivity index (χ1) is 8.16. The second-order valence-electron chi connectivity index (χ2n) is 4.24. The first-order valence-corrected chi connectivity index (χ1v) is 6.58. The van der Waals surface area contributed by atoms with Crippen LogP contribution in [0.15, 0.2) is 17.5 Å². The molecule has 1 fully saturated rings. The molecule has 5 heteroatoms. The van der Waals surface area contributed by atoms with E-state index in [0.29, 0.717) is 25.9 Å². The molecule has 0 saturated carbocycles. The highest BCUT2D eigenvalue weighted by Crippen LogP contribution is 2.18. The predicted molar refractivity (Wildman–Crippen MR) is 65.0 cm³/mol. The van der Waals surface area contributed by atoms with Crippen molar-refractivity contribution in [2.24, 2.45) is 5.92 Å². The van der Waals surface area contributed by atoms with Gasteiger partial charge in [0.2, 0.25) is 5.91 Å². The number of nitrogens with zero attached hydrogens (tertiary/aromatic N) is 1. The van der Waals surface area contributed by atoms with E-state index in [1.165, 1.54) is 4.88 Å². The number of likely N-dealkylation sites (tertiary alicyclic amines) is 1. The molecule has 0 bridgehead atoms. The van der Waals surface area contributed by atoms with Crippen LogP contribution in [0.3, 0.4) is 0 Å². The van der Waals surface area contributed by atoms with Crippen LogP contribution in [-0.4, -0.2) is 35.0 Å². The third-order valence-corrected chi connectivity index (χ3v) is 3.99. The smallest absolute Gasteiger partial charge is 0.308 e. The van der Waals surface area contributed by atoms with Gasteiger partial charge in [0.1, 0.15) is 0 Å². The van der Waals surface area contributed by atoms with Gasteiger partial charge in [-0.05, 0) is 24.3 Å². The van der Waals surface area contributed by atoms with Crippen molar-refractivity contribution in [2.75, 3.05) is 13.1 Å². The lowest BCUT2D eigenvalue weighted by atomic mass is 10.1. The lowest BCUT2D eigenvalue weighted by Crippen LogP contribution is -2.30. The number of rotatable bonds is 4. The van der Waals surface area contributed by atoms with Crippen LogP contribution < -0.4 is 0 Å². The van der Waals surface area contributed by atoms with Crippen LogP contribution in [-0.2, 0) is 16.0 Å². The van der Waals surface area contributed by atoms with Crippen molar-refractivity contribution in [3.05, 3.63) is 22.4 Å². The summed E-state index contributed by atoms with van der Waals surface area (Å²) < 4.78 is 0. The summed E-state index contributed by atoms with van der Waals surface area (Å²) in [6, 6.07) is 3.99. The molecule has 1 atom stereocenters. The highest BCUT2D eigenvalue weighted by atomic mass is 32.1. The number of hydrogen-bond acceptors (Lipinski definition) is 3. The summed E-state index contributed by atoms with van der Waals surface area (Å²) in [6.45, 7) is 0.957. The summed E-state index contributed by atoms with van der Waals surface area (Å²) in [5.74, 6) is -1.10. The molecule has 1 aliphatic heterocycles. The Balaban J connectivity index is 1.79. The minimum atomic E-state index is -0.793. The Morgan fingerprint density at radius 2 is 2.35 bits per heavy atom. The van der Waals surface area contributed by atoms with Crippen molar-refractivity contribution in [1.82, 2.24) is 4.90 Å². The number of amides is 1. The van der Waals surface area contributed by atoms with E-state index >= 15 is 0 Å². The van der Waals surface area contributed by atoms with Gasteiger partial charge in [-0.3, -0.25) is 9.59 Å². The minimum Gasteiger partial charge on any atom is -0.481 e.